The lowest BCUT2D eigenvalue weighted by molar-refractivity contribution is 0.577. The van der Waals surface area contributed by atoms with Crippen molar-refractivity contribution >= 4 is 11.6 Å². The Labute approximate surface area is 117 Å². The Morgan fingerprint density at radius 1 is 1.47 bits per heavy atom. The number of nitrogens with zero attached hydrogens (tertiary/aromatic N) is 2. The minimum absolute atomic E-state index is 0.190. The Kier molecular flexibility index (Phi) is 4.56. The van der Waals surface area contributed by atoms with Gasteiger partial charge in [0.1, 0.15) is 5.82 Å². The highest BCUT2D eigenvalue weighted by Crippen LogP contribution is 2.28. The molecular formula is C14H17ClFN3. The molecule has 3 nitrogen and oxygen atoms in total. The number of halogens is 2. The lowest BCUT2D eigenvalue weighted by Crippen LogP contribution is -2.24. The molecule has 0 aliphatic rings. The molecule has 1 unspecified atom stereocenters. The van der Waals surface area contributed by atoms with Crippen LogP contribution in [0.4, 0.5) is 4.39 Å². The van der Waals surface area contributed by atoms with Crippen molar-refractivity contribution in [1.82, 2.24) is 14.9 Å². The molecular weight excluding hydrogens is 265 g/mol. The first-order chi connectivity index (χ1) is 9.11. The van der Waals surface area contributed by atoms with Gasteiger partial charge >= 0.3 is 0 Å². The van der Waals surface area contributed by atoms with E-state index in [9.17, 15) is 4.39 Å². The minimum Gasteiger partial charge on any atom is -0.340 e. The van der Waals surface area contributed by atoms with Crippen molar-refractivity contribution in [3.05, 3.63) is 52.8 Å². The molecule has 1 N–H and O–H groups in total. The van der Waals surface area contributed by atoms with Crippen molar-refractivity contribution < 1.29 is 4.39 Å². The van der Waals surface area contributed by atoms with Crippen molar-refractivity contribution in [2.45, 2.75) is 19.4 Å². The molecule has 1 heterocycles. The van der Waals surface area contributed by atoms with Gasteiger partial charge in [-0.3, -0.25) is 0 Å². The maximum Gasteiger partial charge on any atom is 0.123 e. The summed E-state index contributed by atoms with van der Waals surface area (Å²) in [7, 11) is 1.90. The molecule has 0 aliphatic heterocycles. The van der Waals surface area contributed by atoms with Gasteiger partial charge in [-0.25, -0.2) is 9.37 Å². The third kappa shape index (κ3) is 3.33. The number of benzene rings is 1. The molecule has 2 rings (SSSR count). The summed E-state index contributed by atoms with van der Waals surface area (Å²) in [4.78, 5) is 4.34. The molecule has 5 heteroatoms. The summed E-state index contributed by atoms with van der Waals surface area (Å²) < 4.78 is 15.3. The van der Waals surface area contributed by atoms with Crippen molar-refractivity contribution in [3.8, 4) is 0 Å². The van der Waals surface area contributed by atoms with E-state index in [1.807, 2.05) is 17.8 Å². The van der Waals surface area contributed by atoms with Crippen LogP contribution in [0, 0.1) is 5.82 Å². The van der Waals surface area contributed by atoms with E-state index in [4.69, 9.17) is 11.6 Å². The summed E-state index contributed by atoms with van der Waals surface area (Å²) in [5.41, 5.74) is 1.55. The standard InChI is InChI=1S/C14H17ClFN3/c1-3-6-17-14(13-8-19(2)9-18-13)11-7-10(16)4-5-12(11)15/h4-5,7-9,14,17H,3,6H2,1-2H3. The van der Waals surface area contributed by atoms with Crippen molar-refractivity contribution in [2.24, 2.45) is 7.05 Å². The number of aromatic nitrogens is 2. The van der Waals surface area contributed by atoms with E-state index < -0.39 is 0 Å². The molecule has 102 valence electrons. The van der Waals surface area contributed by atoms with Gasteiger partial charge in [-0.05, 0) is 36.7 Å². The Morgan fingerprint density at radius 2 is 2.26 bits per heavy atom. The first-order valence-electron chi connectivity index (χ1n) is 6.28. The van der Waals surface area contributed by atoms with Crippen molar-refractivity contribution in [3.63, 3.8) is 0 Å². The van der Waals surface area contributed by atoms with E-state index in [0.29, 0.717) is 10.6 Å². The number of hydrogen-bond donors (Lipinski definition) is 1. The van der Waals surface area contributed by atoms with Crippen LogP contribution in [0.15, 0.2) is 30.7 Å². The summed E-state index contributed by atoms with van der Waals surface area (Å²) in [6.45, 7) is 2.89. The van der Waals surface area contributed by atoms with Crippen molar-refractivity contribution in [1.29, 1.82) is 0 Å². The molecule has 0 fully saturated rings. The second-order valence-corrected chi connectivity index (χ2v) is 4.92. The monoisotopic (exact) mass is 281 g/mol. The maximum absolute atomic E-state index is 13.4. The average molecular weight is 282 g/mol. The second kappa shape index (κ2) is 6.17. The van der Waals surface area contributed by atoms with Gasteiger partial charge in [0.15, 0.2) is 0 Å². The molecule has 0 spiro atoms. The van der Waals surface area contributed by atoms with Crippen LogP contribution in [-0.4, -0.2) is 16.1 Å². The van der Waals surface area contributed by atoms with Gasteiger partial charge in [0.05, 0.1) is 18.1 Å². The fraction of sp³-hybridized carbons (Fsp3) is 0.357. The SMILES string of the molecule is CCCNC(c1cn(C)cn1)c1cc(F)ccc1Cl. The molecule has 2 aromatic rings. The summed E-state index contributed by atoms with van der Waals surface area (Å²) in [6, 6.07) is 4.21. The molecule has 0 radical (unpaired) electrons. The average Bonchev–Trinajstić information content (AvgIpc) is 2.80. The first kappa shape index (κ1) is 14.0. The van der Waals surface area contributed by atoms with E-state index in [1.54, 1.807) is 12.4 Å². The van der Waals surface area contributed by atoms with Gasteiger partial charge in [-0.2, -0.15) is 0 Å². The van der Waals surface area contributed by atoms with Crippen LogP contribution in [0.5, 0.6) is 0 Å². The molecule has 0 saturated carbocycles. The Balaban J connectivity index is 2.39. The molecule has 19 heavy (non-hydrogen) atoms. The number of hydrogen-bond acceptors (Lipinski definition) is 2. The summed E-state index contributed by atoms with van der Waals surface area (Å²) >= 11 is 6.19. The van der Waals surface area contributed by atoms with E-state index in [2.05, 4.69) is 17.2 Å². The van der Waals surface area contributed by atoms with E-state index in [1.165, 1.54) is 12.1 Å². The molecule has 0 amide bonds. The smallest absolute Gasteiger partial charge is 0.123 e. The summed E-state index contributed by atoms with van der Waals surface area (Å²) in [5.74, 6) is -0.293. The molecule has 1 atom stereocenters. The molecule has 1 aromatic heterocycles. The Hall–Kier alpha value is -1.39. The third-order valence-electron chi connectivity index (χ3n) is 2.89. The van der Waals surface area contributed by atoms with Gasteiger partial charge in [0.2, 0.25) is 0 Å². The highest BCUT2D eigenvalue weighted by atomic mass is 35.5. The lowest BCUT2D eigenvalue weighted by Gasteiger charge is -2.18. The van der Waals surface area contributed by atoms with Crippen molar-refractivity contribution in [2.75, 3.05) is 6.54 Å². The maximum atomic E-state index is 13.4. The van der Waals surface area contributed by atoms with Gasteiger partial charge in [-0.15, -0.1) is 0 Å². The predicted octanol–water partition coefficient (Wildman–Crippen LogP) is 3.30. The van der Waals surface area contributed by atoms with E-state index in [0.717, 1.165) is 18.7 Å². The van der Waals surface area contributed by atoms with Crippen LogP contribution in [0.3, 0.4) is 0 Å². The van der Waals surface area contributed by atoms with Gasteiger partial charge in [0.25, 0.3) is 0 Å². The molecule has 0 saturated heterocycles. The van der Waals surface area contributed by atoms with Crippen LogP contribution < -0.4 is 5.32 Å². The topological polar surface area (TPSA) is 29.9 Å². The van der Waals surface area contributed by atoms with E-state index >= 15 is 0 Å². The minimum atomic E-state index is -0.293. The highest BCUT2D eigenvalue weighted by Gasteiger charge is 2.19. The fourth-order valence-corrected chi connectivity index (χ4v) is 2.21. The van der Waals surface area contributed by atoms with Crippen LogP contribution in [0.1, 0.15) is 30.6 Å². The van der Waals surface area contributed by atoms with E-state index in [-0.39, 0.29) is 11.9 Å². The molecule has 0 aliphatic carbocycles. The number of nitrogens with one attached hydrogen (secondary N) is 1. The second-order valence-electron chi connectivity index (χ2n) is 4.52. The van der Waals surface area contributed by atoms with Gasteiger partial charge in [-0.1, -0.05) is 18.5 Å². The first-order valence-corrected chi connectivity index (χ1v) is 6.65. The Bertz CT molecular complexity index is 553. The largest absolute Gasteiger partial charge is 0.340 e. The fourth-order valence-electron chi connectivity index (χ4n) is 1.98. The number of aryl methyl sites for hydroxylation is 1. The molecule has 0 bridgehead atoms. The zero-order chi connectivity index (χ0) is 13.8. The summed E-state index contributed by atoms with van der Waals surface area (Å²) in [5, 5.41) is 3.90. The molecule has 1 aromatic carbocycles. The van der Waals surface area contributed by atoms with Crippen LogP contribution in [0.2, 0.25) is 5.02 Å². The highest BCUT2D eigenvalue weighted by molar-refractivity contribution is 6.31. The van der Waals surface area contributed by atoms with Crippen LogP contribution in [-0.2, 0) is 7.05 Å². The van der Waals surface area contributed by atoms with Crippen LogP contribution in [0.25, 0.3) is 0 Å². The number of imidazole rings is 1. The number of rotatable bonds is 5. The van der Waals surface area contributed by atoms with Gasteiger partial charge < -0.3 is 9.88 Å². The zero-order valence-electron chi connectivity index (χ0n) is 11.0. The normalized spacial score (nSPS) is 12.6. The zero-order valence-corrected chi connectivity index (χ0v) is 11.8. The quantitative estimate of drug-likeness (QED) is 0.911. The predicted molar refractivity (Wildman–Crippen MR) is 74.8 cm³/mol. The third-order valence-corrected chi connectivity index (χ3v) is 3.23. The summed E-state index contributed by atoms with van der Waals surface area (Å²) in [6.07, 6.45) is 4.62. The lowest BCUT2D eigenvalue weighted by atomic mass is 10.0. The Morgan fingerprint density at radius 3 is 2.89 bits per heavy atom. The van der Waals surface area contributed by atoms with Crippen LogP contribution >= 0.6 is 11.6 Å². The van der Waals surface area contributed by atoms with Gasteiger partial charge in [0, 0.05) is 18.3 Å².